The van der Waals surface area contributed by atoms with Gasteiger partial charge in [0.15, 0.2) is 9.84 Å². The lowest BCUT2D eigenvalue weighted by Crippen LogP contribution is -2.22. The maximum atomic E-state index is 11.4. The lowest BCUT2D eigenvalue weighted by molar-refractivity contribution is 0.0688. The van der Waals surface area contributed by atoms with Crippen LogP contribution in [0.15, 0.2) is 0 Å². The van der Waals surface area contributed by atoms with E-state index in [4.69, 9.17) is 4.74 Å². The molecule has 1 rings (SSSR count). The molecule has 0 bridgehead atoms. The number of hydrogen-bond acceptors (Lipinski definition) is 3. The molecule has 1 radical (unpaired) electrons. The molecule has 1 fully saturated rings. The Bertz CT molecular complexity index is 307. The predicted octanol–water partition coefficient (Wildman–Crippen LogP) is 1.61. The Morgan fingerprint density at radius 1 is 1.31 bits per heavy atom. The minimum atomic E-state index is -2.83. The molecule has 0 saturated carbocycles. The third-order valence-electron chi connectivity index (χ3n) is 2.72. The van der Waals surface area contributed by atoms with E-state index in [-0.39, 0.29) is 17.6 Å². The van der Waals surface area contributed by atoms with Gasteiger partial charge >= 0.3 is 0 Å². The molecule has 16 heavy (non-hydrogen) atoms. The highest BCUT2D eigenvalue weighted by Gasteiger charge is 2.28. The van der Waals surface area contributed by atoms with Gasteiger partial charge in [0.05, 0.1) is 17.6 Å². The molecule has 0 aromatic heterocycles. The molecule has 95 valence electrons. The fourth-order valence-electron chi connectivity index (χ4n) is 1.80. The second-order valence-electron chi connectivity index (χ2n) is 5.11. The molecule has 1 heterocycles. The van der Waals surface area contributed by atoms with Crippen LogP contribution in [0.1, 0.15) is 19.3 Å². The first-order valence-corrected chi connectivity index (χ1v) is 10.7. The van der Waals surface area contributed by atoms with Crippen LogP contribution in [0.25, 0.3) is 0 Å². The lowest BCUT2D eigenvalue weighted by Gasteiger charge is -2.12. The van der Waals surface area contributed by atoms with E-state index in [0.717, 1.165) is 18.9 Å². The summed E-state index contributed by atoms with van der Waals surface area (Å²) in [5.74, 6) is 0.437. The zero-order valence-corrected chi connectivity index (χ0v) is 11.9. The fourth-order valence-corrected chi connectivity index (χ4v) is 4.51. The molecule has 1 unspecified atom stereocenters. The number of sulfone groups is 1. The summed E-state index contributed by atoms with van der Waals surface area (Å²) in [5, 5.41) is 0. The normalized spacial score (nSPS) is 24.8. The van der Waals surface area contributed by atoms with Gasteiger partial charge in [-0.25, -0.2) is 8.42 Å². The third-order valence-corrected chi connectivity index (χ3v) is 6.01. The van der Waals surface area contributed by atoms with Crippen molar-refractivity contribution in [3.05, 3.63) is 0 Å². The second-order valence-corrected chi connectivity index (χ2v) is 11.4. The quantitative estimate of drug-likeness (QED) is 0.541. The monoisotopic (exact) mass is 265 g/mol. The molecule has 1 atom stereocenters. The van der Waals surface area contributed by atoms with Crippen molar-refractivity contribution in [2.75, 3.05) is 18.1 Å². The van der Waals surface area contributed by atoms with E-state index in [2.05, 4.69) is 0 Å². The van der Waals surface area contributed by atoms with Gasteiger partial charge in [-0.1, -0.05) is 6.42 Å². The summed E-state index contributed by atoms with van der Waals surface area (Å²) in [6.07, 6.45) is 2.30. The predicted molar refractivity (Wildman–Crippen MR) is 65.2 cm³/mol. The van der Waals surface area contributed by atoms with Crippen molar-refractivity contribution >= 4 is 18.2 Å². The minimum absolute atomic E-state index is 0.109. The average Bonchev–Trinajstić information content (AvgIpc) is 2.43. The van der Waals surface area contributed by atoms with Gasteiger partial charge in [0, 0.05) is 6.61 Å². The SMILES string of the molecule is C[Si](C)([O])CCCCOC1CCS(=O)(=O)C1. The molecule has 0 aliphatic carbocycles. The number of unbranched alkanes of at least 4 members (excludes halogenated alkanes) is 1. The topological polar surface area (TPSA) is 63.3 Å². The van der Waals surface area contributed by atoms with Gasteiger partial charge in [0.25, 0.3) is 0 Å². The summed E-state index contributed by atoms with van der Waals surface area (Å²) >= 11 is 0. The zero-order chi connectivity index (χ0) is 12.2. The summed E-state index contributed by atoms with van der Waals surface area (Å²) in [6, 6.07) is 0.777. The molecule has 0 N–H and O–H groups in total. The molecule has 1 saturated heterocycles. The van der Waals surface area contributed by atoms with Crippen molar-refractivity contribution in [3.63, 3.8) is 0 Å². The first-order valence-electron chi connectivity index (χ1n) is 5.81. The molecule has 0 aromatic carbocycles. The van der Waals surface area contributed by atoms with Crippen LogP contribution in [0.5, 0.6) is 0 Å². The van der Waals surface area contributed by atoms with Crippen molar-refractivity contribution < 1.29 is 18.0 Å². The average molecular weight is 265 g/mol. The molecule has 0 spiro atoms. The van der Waals surface area contributed by atoms with E-state index in [9.17, 15) is 13.2 Å². The largest absolute Gasteiger partial charge is 0.377 e. The summed E-state index contributed by atoms with van der Waals surface area (Å²) in [6.45, 7) is 4.22. The van der Waals surface area contributed by atoms with Crippen molar-refractivity contribution in [3.8, 4) is 0 Å². The van der Waals surface area contributed by atoms with Crippen molar-refractivity contribution in [2.45, 2.75) is 44.5 Å². The van der Waals surface area contributed by atoms with Crippen molar-refractivity contribution in [1.82, 2.24) is 0 Å². The smallest absolute Gasteiger partial charge is 0.231 e. The van der Waals surface area contributed by atoms with Crippen LogP contribution in [0, 0.1) is 0 Å². The van der Waals surface area contributed by atoms with Crippen LogP contribution >= 0.6 is 0 Å². The first kappa shape index (κ1) is 14.1. The number of rotatable bonds is 6. The van der Waals surface area contributed by atoms with Crippen molar-refractivity contribution in [2.24, 2.45) is 0 Å². The number of ether oxygens (including phenoxy) is 1. The Kier molecular flexibility index (Phi) is 4.97. The van der Waals surface area contributed by atoms with E-state index in [1.807, 2.05) is 13.1 Å². The van der Waals surface area contributed by atoms with Crippen LogP contribution in [-0.2, 0) is 19.4 Å². The summed E-state index contributed by atoms with van der Waals surface area (Å²) in [7, 11) is -4.99. The maximum Gasteiger partial charge on any atom is 0.231 e. The molecule has 6 heteroatoms. The van der Waals surface area contributed by atoms with Gasteiger partial charge in [-0.3, -0.25) is 4.80 Å². The molecule has 0 amide bonds. The molecular formula is C10H21O4SSi. The van der Waals surface area contributed by atoms with E-state index < -0.39 is 18.2 Å². The standard InChI is InChI=1S/C10H21O4SSi/c1-16(2,13)8-4-3-6-14-10-5-7-15(11,12)9-10/h10H,3-9H2,1-2H3. The number of hydrogen-bond donors (Lipinski definition) is 0. The van der Waals surface area contributed by atoms with Crippen LogP contribution < -0.4 is 0 Å². The van der Waals surface area contributed by atoms with Crippen molar-refractivity contribution in [1.29, 1.82) is 0 Å². The second kappa shape index (κ2) is 5.62. The Morgan fingerprint density at radius 3 is 2.50 bits per heavy atom. The summed E-state index contributed by atoms with van der Waals surface area (Å²) in [5.41, 5.74) is 0. The zero-order valence-electron chi connectivity index (χ0n) is 10.1. The highest BCUT2D eigenvalue weighted by atomic mass is 32.2. The van der Waals surface area contributed by atoms with E-state index in [0.29, 0.717) is 13.0 Å². The molecular weight excluding hydrogens is 244 g/mol. The van der Waals surface area contributed by atoms with Gasteiger partial charge in [0.2, 0.25) is 8.32 Å². The highest BCUT2D eigenvalue weighted by Crippen LogP contribution is 2.16. The Labute approximate surface area is 99.1 Å². The summed E-state index contributed by atoms with van der Waals surface area (Å²) in [4.78, 5) is 11.4. The van der Waals surface area contributed by atoms with Crippen LogP contribution in [-0.4, -0.2) is 41.0 Å². The van der Waals surface area contributed by atoms with Gasteiger partial charge in [-0.05, 0) is 32.0 Å². The highest BCUT2D eigenvalue weighted by molar-refractivity contribution is 7.91. The van der Waals surface area contributed by atoms with Crippen LogP contribution in [0.2, 0.25) is 19.1 Å². The van der Waals surface area contributed by atoms with E-state index >= 15 is 0 Å². The Balaban J connectivity index is 2.05. The van der Waals surface area contributed by atoms with Crippen LogP contribution in [0.3, 0.4) is 0 Å². The van der Waals surface area contributed by atoms with Gasteiger partial charge in [-0.15, -0.1) is 0 Å². The van der Waals surface area contributed by atoms with E-state index in [1.165, 1.54) is 0 Å². The minimum Gasteiger partial charge on any atom is -0.377 e. The van der Waals surface area contributed by atoms with Gasteiger partial charge < -0.3 is 4.74 Å². The third kappa shape index (κ3) is 5.98. The maximum absolute atomic E-state index is 11.4. The lowest BCUT2D eigenvalue weighted by atomic mass is 10.3. The first-order chi connectivity index (χ1) is 7.29. The van der Waals surface area contributed by atoms with Crippen LogP contribution in [0.4, 0.5) is 0 Å². The Hall–Kier alpha value is 0.0869. The molecule has 0 aromatic rings. The fraction of sp³-hybridized carbons (Fsp3) is 1.00. The summed E-state index contributed by atoms with van der Waals surface area (Å²) < 4.78 is 27.8. The molecule has 4 nitrogen and oxygen atoms in total. The van der Waals surface area contributed by atoms with Gasteiger partial charge in [-0.2, -0.15) is 0 Å². The molecule has 1 aliphatic heterocycles. The van der Waals surface area contributed by atoms with E-state index in [1.54, 1.807) is 0 Å². The Morgan fingerprint density at radius 2 is 2.00 bits per heavy atom. The molecule has 1 aliphatic rings. The van der Waals surface area contributed by atoms with Gasteiger partial charge in [0.1, 0.15) is 0 Å².